The first-order chi connectivity index (χ1) is 5.20. The molecule has 0 radical (unpaired) electrons. The molecule has 0 atom stereocenters. The van der Waals surface area contributed by atoms with Crippen LogP contribution < -0.4 is 4.04 Å². The summed E-state index contributed by atoms with van der Waals surface area (Å²) < 4.78 is 1.23. The van der Waals surface area contributed by atoms with Gasteiger partial charge in [0.25, 0.3) is 0 Å². The number of rotatable bonds is 2. The zero-order chi connectivity index (χ0) is 8.27. The van der Waals surface area contributed by atoms with Crippen molar-refractivity contribution in [2.45, 2.75) is 6.54 Å². The van der Waals surface area contributed by atoms with Gasteiger partial charge in [0, 0.05) is 0 Å². The van der Waals surface area contributed by atoms with Crippen molar-refractivity contribution in [3.63, 3.8) is 0 Å². The second-order valence-electron chi connectivity index (χ2n) is 2.80. The van der Waals surface area contributed by atoms with Gasteiger partial charge in [0.05, 0.1) is 0 Å². The van der Waals surface area contributed by atoms with Crippen LogP contribution in [-0.4, -0.2) is 19.0 Å². The van der Waals surface area contributed by atoms with Crippen LogP contribution in [0.5, 0.6) is 0 Å². The summed E-state index contributed by atoms with van der Waals surface area (Å²) in [6.45, 7) is 0.997. The van der Waals surface area contributed by atoms with E-state index in [1.54, 1.807) is 0 Å². The monoisotopic (exact) mass is 240 g/mol. The van der Waals surface area contributed by atoms with Crippen LogP contribution in [-0.2, 0) is 25.7 Å². The van der Waals surface area contributed by atoms with Gasteiger partial charge in [0.2, 0.25) is 0 Å². The van der Waals surface area contributed by atoms with Gasteiger partial charge in [-0.05, 0) is 0 Å². The van der Waals surface area contributed by atoms with Crippen LogP contribution in [0.2, 0.25) is 0 Å². The Labute approximate surface area is 78.8 Å². The van der Waals surface area contributed by atoms with Gasteiger partial charge >= 0.3 is 78.6 Å². The third kappa shape index (κ3) is 2.75. The van der Waals surface area contributed by atoms with Crippen LogP contribution >= 0.6 is 0 Å². The zero-order valence-corrected chi connectivity index (χ0v) is 8.33. The molecule has 1 aromatic rings. The Kier molecular flexibility index (Phi) is 3.26. The van der Waals surface area contributed by atoms with Crippen molar-refractivity contribution >= 4 is 4.04 Å². The number of nitrogens with zero attached hydrogens (tertiary/aromatic N) is 1. The molecule has 0 aliphatic rings. The van der Waals surface area contributed by atoms with Crippen LogP contribution in [0.4, 0.5) is 0 Å². The SMILES string of the molecule is CN(C)Cc1cccc[c]1[Pd]. The molecule has 0 spiro atoms. The fraction of sp³-hybridized carbons (Fsp3) is 0.333. The molecule has 0 aliphatic heterocycles. The molecular weight excluding hydrogens is 229 g/mol. The van der Waals surface area contributed by atoms with E-state index in [4.69, 9.17) is 0 Å². The third-order valence-electron chi connectivity index (χ3n) is 1.41. The molecule has 0 fully saturated rings. The molecule has 1 nitrogen and oxygen atoms in total. The Hall–Kier alpha value is -0.158. The molecule has 0 unspecified atom stereocenters. The third-order valence-corrected chi connectivity index (χ3v) is 2.17. The van der Waals surface area contributed by atoms with E-state index in [1.165, 1.54) is 9.60 Å². The van der Waals surface area contributed by atoms with Gasteiger partial charge in [-0.1, -0.05) is 0 Å². The van der Waals surface area contributed by atoms with Crippen molar-refractivity contribution in [2.75, 3.05) is 14.1 Å². The molecule has 0 heterocycles. The molecule has 2 heteroatoms. The summed E-state index contributed by atoms with van der Waals surface area (Å²) in [5.41, 5.74) is 1.35. The molecule has 0 amide bonds. The maximum atomic E-state index is 3.23. The predicted molar refractivity (Wildman–Crippen MR) is 43.5 cm³/mol. The van der Waals surface area contributed by atoms with Crippen molar-refractivity contribution in [3.05, 3.63) is 29.8 Å². The summed E-state index contributed by atoms with van der Waals surface area (Å²) in [4.78, 5) is 2.16. The van der Waals surface area contributed by atoms with E-state index in [-0.39, 0.29) is 0 Å². The summed E-state index contributed by atoms with van der Waals surface area (Å²) in [6.07, 6.45) is 0. The van der Waals surface area contributed by atoms with Crippen LogP contribution in [0.15, 0.2) is 24.3 Å². The minimum absolute atomic E-state index is 0.997. The molecule has 0 aromatic heterocycles. The second kappa shape index (κ2) is 4.02. The van der Waals surface area contributed by atoms with E-state index in [1.807, 2.05) is 6.07 Å². The quantitative estimate of drug-likeness (QED) is 0.695. The second-order valence-corrected chi connectivity index (χ2v) is 3.63. The van der Waals surface area contributed by atoms with Gasteiger partial charge < -0.3 is 0 Å². The molecule has 11 heavy (non-hydrogen) atoms. The van der Waals surface area contributed by atoms with Crippen molar-refractivity contribution in [1.29, 1.82) is 0 Å². The van der Waals surface area contributed by atoms with E-state index in [0.717, 1.165) is 6.54 Å². The fourth-order valence-corrected chi connectivity index (χ4v) is 1.35. The summed E-state index contributed by atoms with van der Waals surface area (Å²) in [5.74, 6) is 0. The molecule has 0 saturated carbocycles. The van der Waals surface area contributed by atoms with Crippen molar-refractivity contribution < 1.29 is 19.2 Å². The van der Waals surface area contributed by atoms with Gasteiger partial charge in [-0.15, -0.1) is 0 Å². The average Bonchev–Trinajstić information content (AvgIpc) is 1.93. The van der Waals surface area contributed by atoms with Crippen molar-refractivity contribution in [2.24, 2.45) is 0 Å². The van der Waals surface area contributed by atoms with E-state index in [9.17, 15) is 0 Å². The molecule has 63 valence electrons. The molecule has 1 aromatic carbocycles. The molecule has 0 saturated heterocycles. The first kappa shape index (κ1) is 8.93. The molecule has 0 bridgehead atoms. The summed E-state index contributed by atoms with van der Waals surface area (Å²) in [7, 11) is 4.15. The van der Waals surface area contributed by atoms with E-state index >= 15 is 0 Å². The number of benzene rings is 1. The molecule has 1 rings (SSSR count). The van der Waals surface area contributed by atoms with Gasteiger partial charge in [0.15, 0.2) is 0 Å². The predicted octanol–water partition coefficient (Wildman–Crippen LogP) is 0.920. The maximum absolute atomic E-state index is 3.23. The van der Waals surface area contributed by atoms with Crippen LogP contribution in [0, 0.1) is 0 Å². The number of hydrogen-bond donors (Lipinski definition) is 0. The molecular formula is C9H12NPd. The Morgan fingerprint density at radius 3 is 2.45 bits per heavy atom. The number of hydrogen-bond acceptors (Lipinski definition) is 1. The Balaban J connectivity index is 2.78. The Morgan fingerprint density at radius 1 is 1.27 bits per heavy atom. The van der Waals surface area contributed by atoms with Crippen LogP contribution in [0.1, 0.15) is 5.56 Å². The standard InChI is InChI=1S/C9H12N.Pd/c1-10(2)8-9-6-4-3-5-7-9;/h3-6H,8H2,1-2H3;. The van der Waals surface area contributed by atoms with E-state index in [2.05, 4.69) is 56.4 Å². The average molecular weight is 241 g/mol. The summed E-state index contributed by atoms with van der Waals surface area (Å²) >= 11 is 3.23. The zero-order valence-electron chi connectivity index (χ0n) is 6.78. The summed E-state index contributed by atoms with van der Waals surface area (Å²) in [6, 6.07) is 8.33. The van der Waals surface area contributed by atoms with Crippen LogP contribution in [0.3, 0.4) is 0 Å². The van der Waals surface area contributed by atoms with Crippen molar-refractivity contribution in [3.8, 4) is 0 Å². The summed E-state index contributed by atoms with van der Waals surface area (Å²) in [5, 5.41) is 0. The fourth-order valence-electron chi connectivity index (χ4n) is 0.951. The van der Waals surface area contributed by atoms with Crippen molar-refractivity contribution in [1.82, 2.24) is 4.90 Å². The van der Waals surface area contributed by atoms with E-state index in [0.29, 0.717) is 0 Å². The van der Waals surface area contributed by atoms with Crippen LogP contribution in [0.25, 0.3) is 0 Å². The molecule has 0 N–H and O–H groups in total. The normalized spacial score (nSPS) is 10.6. The topological polar surface area (TPSA) is 3.24 Å². The first-order valence-electron chi connectivity index (χ1n) is 3.55. The Bertz CT molecular complexity index is 233. The molecule has 0 aliphatic carbocycles. The van der Waals surface area contributed by atoms with Gasteiger partial charge in [-0.3, -0.25) is 0 Å². The Morgan fingerprint density at radius 2 is 1.91 bits per heavy atom. The van der Waals surface area contributed by atoms with Gasteiger partial charge in [0.1, 0.15) is 0 Å². The minimum atomic E-state index is 0.997. The van der Waals surface area contributed by atoms with Gasteiger partial charge in [-0.25, -0.2) is 0 Å². The first-order valence-corrected chi connectivity index (χ1v) is 4.33. The van der Waals surface area contributed by atoms with E-state index < -0.39 is 0 Å². The van der Waals surface area contributed by atoms with Gasteiger partial charge in [-0.2, -0.15) is 0 Å².